The number of rotatable bonds is 3. The van der Waals surface area contributed by atoms with Crippen LogP contribution in [0, 0.1) is 6.92 Å². The Hall–Kier alpha value is -3.28. The van der Waals surface area contributed by atoms with Crippen molar-refractivity contribution in [1.29, 1.82) is 0 Å². The summed E-state index contributed by atoms with van der Waals surface area (Å²) < 4.78 is 6.93. The second-order valence-corrected chi connectivity index (χ2v) is 5.39. The summed E-state index contributed by atoms with van der Waals surface area (Å²) in [5.41, 5.74) is 3.42. The summed E-state index contributed by atoms with van der Waals surface area (Å²) in [7, 11) is 1.66. The van der Waals surface area contributed by atoms with Crippen LogP contribution in [-0.4, -0.2) is 31.9 Å². The molecule has 6 heteroatoms. The predicted octanol–water partition coefficient (Wildman–Crippen LogP) is 2.05. The van der Waals surface area contributed by atoms with E-state index in [1.807, 2.05) is 55.5 Å². The first-order valence-corrected chi connectivity index (χ1v) is 7.55. The van der Waals surface area contributed by atoms with Crippen molar-refractivity contribution in [3.05, 3.63) is 65.1 Å². The third-order valence-corrected chi connectivity index (χ3v) is 3.84. The van der Waals surface area contributed by atoms with Crippen molar-refractivity contribution in [2.75, 3.05) is 7.11 Å². The third kappa shape index (κ3) is 2.38. The number of fused-ring (bicyclic) bond motifs is 1. The third-order valence-electron chi connectivity index (χ3n) is 3.84. The molecule has 0 aliphatic carbocycles. The largest absolute Gasteiger partial charge is 0.497 e. The van der Waals surface area contributed by atoms with Crippen LogP contribution >= 0.6 is 0 Å². The molecular weight excluding hydrogens is 302 g/mol. The fourth-order valence-corrected chi connectivity index (χ4v) is 2.60. The number of hydrogen-bond donors (Lipinski definition) is 0. The molecule has 0 aliphatic heterocycles. The van der Waals surface area contributed by atoms with Crippen LogP contribution in [0.4, 0.5) is 0 Å². The van der Waals surface area contributed by atoms with Gasteiger partial charge in [0, 0.05) is 11.4 Å². The Bertz CT molecular complexity index is 1040. The summed E-state index contributed by atoms with van der Waals surface area (Å²) in [4.78, 5) is 4.33. The number of methoxy groups -OCH3 is 1. The quantitative estimate of drug-likeness (QED) is 0.578. The zero-order valence-electron chi connectivity index (χ0n) is 13.3. The Morgan fingerprint density at radius 3 is 2.58 bits per heavy atom. The topological polar surface area (TPSA) is 65.2 Å². The van der Waals surface area contributed by atoms with Crippen molar-refractivity contribution in [3.8, 4) is 17.3 Å². The van der Waals surface area contributed by atoms with E-state index in [9.17, 15) is 0 Å². The van der Waals surface area contributed by atoms with Crippen molar-refractivity contribution in [2.24, 2.45) is 0 Å². The minimum Gasteiger partial charge on any atom is -0.497 e. The number of pyridine rings is 1. The van der Waals surface area contributed by atoms with Gasteiger partial charge in [-0.2, -0.15) is 9.61 Å². The van der Waals surface area contributed by atoms with Gasteiger partial charge in [-0.25, -0.2) is 0 Å². The van der Waals surface area contributed by atoms with Gasteiger partial charge in [0.25, 0.3) is 0 Å². The molecule has 3 aromatic heterocycles. The van der Waals surface area contributed by atoms with E-state index in [1.54, 1.807) is 17.8 Å². The maximum Gasteiger partial charge on any atom is 0.203 e. The maximum absolute atomic E-state index is 5.19. The molecular formula is C18H15N5O. The van der Waals surface area contributed by atoms with Crippen molar-refractivity contribution in [2.45, 2.75) is 6.92 Å². The molecule has 0 fully saturated rings. The Morgan fingerprint density at radius 1 is 1.04 bits per heavy atom. The van der Waals surface area contributed by atoms with Gasteiger partial charge < -0.3 is 4.74 Å². The van der Waals surface area contributed by atoms with E-state index in [4.69, 9.17) is 4.74 Å². The minimum absolute atomic E-state index is 0.642. The van der Waals surface area contributed by atoms with E-state index in [1.165, 1.54) is 0 Å². The number of nitrogens with zero attached hydrogens (tertiary/aromatic N) is 5. The summed E-state index contributed by atoms with van der Waals surface area (Å²) in [6.07, 6.45) is 3.78. The Labute approximate surface area is 138 Å². The fourth-order valence-electron chi connectivity index (χ4n) is 2.60. The second-order valence-electron chi connectivity index (χ2n) is 5.39. The van der Waals surface area contributed by atoms with Gasteiger partial charge in [-0.05, 0) is 42.8 Å². The molecule has 24 heavy (non-hydrogen) atoms. The first-order chi connectivity index (χ1) is 11.8. The van der Waals surface area contributed by atoms with Crippen LogP contribution < -0.4 is 9.96 Å². The molecule has 0 radical (unpaired) electrons. The van der Waals surface area contributed by atoms with E-state index in [0.29, 0.717) is 5.82 Å². The summed E-state index contributed by atoms with van der Waals surface area (Å²) in [6, 6.07) is 13.5. The highest BCUT2D eigenvalue weighted by Crippen LogP contribution is 2.15. The molecule has 0 spiro atoms. The predicted molar refractivity (Wildman–Crippen MR) is 90.5 cm³/mol. The van der Waals surface area contributed by atoms with Gasteiger partial charge in [0.1, 0.15) is 11.4 Å². The standard InChI is InChI=1S/C18H15N5O/c1-12-15(11-13-6-8-14(24-2)9-7-13)17-20-21-18(23(17)22-12)16-5-3-4-10-19-16/h3-11H,1-2H3. The van der Waals surface area contributed by atoms with Gasteiger partial charge in [0.15, 0.2) is 5.65 Å². The molecule has 3 heterocycles. The average molecular weight is 317 g/mol. The summed E-state index contributed by atoms with van der Waals surface area (Å²) in [5.74, 6) is 1.47. The molecule has 0 unspecified atom stereocenters. The van der Waals surface area contributed by atoms with Crippen LogP contribution in [0.25, 0.3) is 23.2 Å². The van der Waals surface area contributed by atoms with Gasteiger partial charge in [-0.1, -0.05) is 18.2 Å². The highest BCUT2D eigenvalue weighted by atomic mass is 16.5. The molecule has 1 aromatic carbocycles. The SMILES string of the molecule is COc1ccc(C=c2c(C)nn3c(-c4ccccn4)nnc23)cc1. The number of benzene rings is 1. The van der Waals surface area contributed by atoms with Gasteiger partial charge in [0.2, 0.25) is 5.82 Å². The van der Waals surface area contributed by atoms with Crippen LogP contribution in [0.5, 0.6) is 5.75 Å². The molecule has 4 aromatic rings. The highest BCUT2D eigenvalue weighted by molar-refractivity contribution is 5.61. The van der Waals surface area contributed by atoms with Crippen LogP contribution in [0.3, 0.4) is 0 Å². The first kappa shape index (κ1) is 14.3. The average Bonchev–Trinajstić information content (AvgIpc) is 3.16. The van der Waals surface area contributed by atoms with E-state index in [-0.39, 0.29) is 0 Å². The molecule has 0 amide bonds. The molecule has 0 saturated heterocycles. The zero-order valence-corrected chi connectivity index (χ0v) is 13.3. The van der Waals surface area contributed by atoms with Crippen LogP contribution in [0.1, 0.15) is 11.3 Å². The summed E-state index contributed by atoms with van der Waals surface area (Å²) in [5, 5.41) is 14.1. The van der Waals surface area contributed by atoms with Crippen molar-refractivity contribution < 1.29 is 4.74 Å². The number of aromatic nitrogens is 5. The normalized spacial score (nSPS) is 12.0. The molecule has 118 valence electrons. The van der Waals surface area contributed by atoms with Gasteiger partial charge in [-0.15, -0.1) is 10.2 Å². The lowest BCUT2D eigenvalue weighted by molar-refractivity contribution is 0.415. The number of hydrogen-bond acceptors (Lipinski definition) is 5. The Kier molecular flexibility index (Phi) is 3.42. The fraction of sp³-hybridized carbons (Fsp3) is 0.111. The second kappa shape index (κ2) is 5.73. The first-order valence-electron chi connectivity index (χ1n) is 7.55. The van der Waals surface area contributed by atoms with Crippen LogP contribution in [0.2, 0.25) is 0 Å². The van der Waals surface area contributed by atoms with E-state index >= 15 is 0 Å². The van der Waals surface area contributed by atoms with Gasteiger partial charge in [0.05, 0.1) is 12.8 Å². The van der Waals surface area contributed by atoms with E-state index < -0.39 is 0 Å². The Balaban J connectivity index is 1.86. The molecule has 0 N–H and O–H groups in total. The van der Waals surface area contributed by atoms with E-state index in [0.717, 1.165) is 33.6 Å². The lowest BCUT2D eigenvalue weighted by atomic mass is 10.2. The van der Waals surface area contributed by atoms with Crippen LogP contribution in [0.15, 0.2) is 48.7 Å². The van der Waals surface area contributed by atoms with Crippen molar-refractivity contribution in [1.82, 2.24) is 24.8 Å². The molecule has 0 bridgehead atoms. The van der Waals surface area contributed by atoms with Crippen molar-refractivity contribution in [3.63, 3.8) is 0 Å². The monoisotopic (exact) mass is 317 g/mol. The van der Waals surface area contributed by atoms with Gasteiger partial charge in [-0.3, -0.25) is 4.98 Å². The Morgan fingerprint density at radius 2 is 1.88 bits per heavy atom. The highest BCUT2D eigenvalue weighted by Gasteiger charge is 2.14. The van der Waals surface area contributed by atoms with Gasteiger partial charge >= 0.3 is 0 Å². The summed E-state index contributed by atoms with van der Waals surface area (Å²) in [6.45, 7) is 1.96. The molecule has 0 saturated carbocycles. The lowest BCUT2D eigenvalue weighted by Gasteiger charge is -1.98. The number of aryl methyl sites for hydroxylation is 1. The zero-order chi connectivity index (χ0) is 16.5. The molecule has 4 rings (SSSR count). The van der Waals surface area contributed by atoms with E-state index in [2.05, 4.69) is 20.3 Å². The molecule has 6 nitrogen and oxygen atoms in total. The minimum atomic E-state index is 0.642. The van der Waals surface area contributed by atoms with Crippen molar-refractivity contribution >= 4 is 11.7 Å². The maximum atomic E-state index is 5.19. The number of ether oxygens (including phenoxy) is 1. The van der Waals surface area contributed by atoms with Crippen LogP contribution in [-0.2, 0) is 0 Å². The molecule has 0 aliphatic rings. The summed E-state index contributed by atoms with van der Waals surface area (Å²) >= 11 is 0. The smallest absolute Gasteiger partial charge is 0.203 e. The molecule has 0 atom stereocenters. The lowest BCUT2D eigenvalue weighted by Crippen LogP contribution is -2.03.